The number of aliphatic imine (C=N–C) groups is 1. The molecule has 0 aromatic carbocycles. The molecule has 2 aliphatic rings. The zero-order valence-corrected chi connectivity index (χ0v) is 17.0. The maximum atomic E-state index is 9.70. The molecule has 2 N–H and O–H groups in total. The average molecular weight is 439 g/mol. The minimum absolute atomic E-state index is 0. The van der Waals surface area contributed by atoms with Crippen molar-refractivity contribution in [3.8, 4) is 0 Å². The molecule has 5 nitrogen and oxygen atoms in total. The number of nitrogens with one attached hydrogen (secondary N) is 1. The summed E-state index contributed by atoms with van der Waals surface area (Å²) in [5.41, 5.74) is 0. The molecule has 2 atom stereocenters. The van der Waals surface area contributed by atoms with Gasteiger partial charge >= 0.3 is 0 Å². The minimum atomic E-state index is -0.210. The molecule has 1 unspecified atom stereocenters. The van der Waals surface area contributed by atoms with E-state index in [0.29, 0.717) is 12.6 Å². The molecule has 6 heteroatoms. The van der Waals surface area contributed by atoms with Crippen LogP contribution in [0.15, 0.2) is 4.99 Å². The van der Waals surface area contributed by atoms with Crippen molar-refractivity contribution in [3.05, 3.63) is 0 Å². The van der Waals surface area contributed by atoms with Crippen LogP contribution in [0.2, 0.25) is 0 Å². The highest BCUT2D eigenvalue weighted by atomic mass is 127. The number of ether oxygens (including phenoxy) is 1. The second kappa shape index (κ2) is 11.5. The Morgan fingerprint density at radius 1 is 1.30 bits per heavy atom. The van der Waals surface area contributed by atoms with Crippen LogP contribution in [0.1, 0.15) is 52.4 Å². The molecule has 1 heterocycles. The molecule has 0 amide bonds. The van der Waals surface area contributed by atoms with Gasteiger partial charge in [0.15, 0.2) is 5.96 Å². The molecule has 0 aromatic rings. The number of guanidine groups is 1. The van der Waals surface area contributed by atoms with E-state index < -0.39 is 0 Å². The van der Waals surface area contributed by atoms with E-state index in [1.807, 2.05) is 0 Å². The van der Waals surface area contributed by atoms with Crippen LogP contribution >= 0.6 is 24.0 Å². The van der Waals surface area contributed by atoms with Crippen LogP contribution in [0.3, 0.4) is 0 Å². The Labute approximate surface area is 158 Å². The number of aliphatic hydroxyl groups excluding tert-OH is 1. The van der Waals surface area contributed by atoms with E-state index in [9.17, 15) is 5.11 Å². The lowest BCUT2D eigenvalue weighted by atomic mass is 9.98. The van der Waals surface area contributed by atoms with E-state index in [-0.39, 0.29) is 30.1 Å². The average Bonchev–Trinajstić information content (AvgIpc) is 3.17. The van der Waals surface area contributed by atoms with Crippen molar-refractivity contribution in [2.45, 2.75) is 64.6 Å². The lowest BCUT2D eigenvalue weighted by molar-refractivity contribution is 0.0177. The Morgan fingerprint density at radius 2 is 2.04 bits per heavy atom. The van der Waals surface area contributed by atoms with Gasteiger partial charge in [0, 0.05) is 32.8 Å². The van der Waals surface area contributed by atoms with E-state index >= 15 is 0 Å². The van der Waals surface area contributed by atoms with Crippen molar-refractivity contribution in [1.82, 2.24) is 10.2 Å². The first-order valence-corrected chi connectivity index (χ1v) is 9.07. The maximum Gasteiger partial charge on any atom is 0.194 e. The van der Waals surface area contributed by atoms with E-state index in [2.05, 4.69) is 24.1 Å². The highest BCUT2D eigenvalue weighted by Gasteiger charge is 2.26. The number of halogens is 1. The molecule has 1 saturated heterocycles. The summed E-state index contributed by atoms with van der Waals surface area (Å²) in [5, 5.41) is 13.0. The number of β-amino-alcohol motifs (C(OH)–C–C–N with tert-alkyl or cyclic N) is 1. The van der Waals surface area contributed by atoms with Crippen molar-refractivity contribution in [3.63, 3.8) is 0 Å². The Bertz CT molecular complexity index is 349. The summed E-state index contributed by atoms with van der Waals surface area (Å²) in [6.45, 7) is 8.22. The number of aliphatic hydroxyl groups is 1. The molecule has 1 aliphatic carbocycles. The van der Waals surface area contributed by atoms with E-state index in [0.717, 1.165) is 51.0 Å². The van der Waals surface area contributed by atoms with Crippen molar-refractivity contribution in [2.24, 2.45) is 10.9 Å². The van der Waals surface area contributed by atoms with E-state index in [1.165, 1.54) is 25.7 Å². The zero-order chi connectivity index (χ0) is 15.8. The third kappa shape index (κ3) is 6.74. The van der Waals surface area contributed by atoms with Gasteiger partial charge in [-0.25, -0.2) is 0 Å². The fourth-order valence-electron chi connectivity index (χ4n) is 3.66. The van der Waals surface area contributed by atoms with Crippen molar-refractivity contribution in [1.29, 1.82) is 0 Å². The third-order valence-corrected chi connectivity index (χ3v) is 4.78. The monoisotopic (exact) mass is 439 g/mol. The van der Waals surface area contributed by atoms with Gasteiger partial charge in [0.1, 0.15) is 0 Å². The van der Waals surface area contributed by atoms with Gasteiger partial charge in [-0.05, 0) is 45.4 Å². The summed E-state index contributed by atoms with van der Waals surface area (Å²) in [7, 11) is 0. The summed E-state index contributed by atoms with van der Waals surface area (Å²) >= 11 is 0. The summed E-state index contributed by atoms with van der Waals surface area (Å²) in [6.07, 6.45) is 7.33. The molecule has 23 heavy (non-hydrogen) atoms. The summed E-state index contributed by atoms with van der Waals surface area (Å²) < 4.78 is 5.97. The van der Waals surface area contributed by atoms with Crippen LogP contribution in [0.4, 0.5) is 0 Å². The van der Waals surface area contributed by atoms with Crippen LogP contribution < -0.4 is 5.32 Å². The van der Waals surface area contributed by atoms with Crippen LogP contribution in [0, 0.1) is 5.92 Å². The summed E-state index contributed by atoms with van der Waals surface area (Å²) in [4.78, 5) is 6.93. The second-order valence-electron chi connectivity index (χ2n) is 6.45. The molecule has 0 aromatic heterocycles. The zero-order valence-electron chi connectivity index (χ0n) is 14.7. The minimum Gasteiger partial charge on any atom is -0.391 e. The molecular weight excluding hydrogens is 405 g/mol. The first-order chi connectivity index (χ1) is 10.7. The van der Waals surface area contributed by atoms with Gasteiger partial charge in [-0.2, -0.15) is 0 Å². The van der Waals surface area contributed by atoms with Gasteiger partial charge in [0.05, 0.1) is 12.2 Å². The van der Waals surface area contributed by atoms with Gasteiger partial charge in [-0.1, -0.05) is 12.8 Å². The number of hydrogen-bond donors (Lipinski definition) is 2. The number of hydrogen-bond acceptors (Lipinski definition) is 3. The quantitative estimate of drug-likeness (QED) is 0.364. The first-order valence-electron chi connectivity index (χ1n) is 9.07. The number of likely N-dealkylation sites (tertiary alicyclic amines) is 1. The fourth-order valence-corrected chi connectivity index (χ4v) is 3.66. The smallest absolute Gasteiger partial charge is 0.194 e. The molecule has 0 spiro atoms. The predicted molar refractivity (Wildman–Crippen MR) is 106 cm³/mol. The topological polar surface area (TPSA) is 57.1 Å². The van der Waals surface area contributed by atoms with Gasteiger partial charge in [0.2, 0.25) is 0 Å². The predicted octanol–water partition coefficient (Wildman–Crippen LogP) is 2.62. The van der Waals surface area contributed by atoms with Crippen molar-refractivity contribution >= 4 is 29.9 Å². The fraction of sp³-hybridized carbons (Fsp3) is 0.941. The van der Waals surface area contributed by atoms with Gasteiger partial charge in [-0.3, -0.25) is 4.99 Å². The summed E-state index contributed by atoms with van der Waals surface area (Å²) in [6, 6.07) is 0. The third-order valence-electron chi connectivity index (χ3n) is 4.78. The largest absolute Gasteiger partial charge is 0.391 e. The van der Waals surface area contributed by atoms with Crippen molar-refractivity contribution in [2.75, 3.05) is 32.8 Å². The Balaban J connectivity index is 0.00000264. The maximum absolute atomic E-state index is 9.70. The van der Waals surface area contributed by atoms with Gasteiger partial charge in [-0.15, -0.1) is 24.0 Å². The van der Waals surface area contributed by atoms with Crippen LogP contribution in [0.5, 0.6) is 0 Å². The van der Waals surface area contributed by atoms with Gasteiger partial charge in [0.25, 0.3) is 0 Å². The Kier molecular flexibility index (Phi) is 10.5. The first kappa shape index (κ1) is 21.0. The highest BCUT2D eigenvalue weighted by molar-refractivity contribution is 14.0. The van der Waals surface area contributed by atoms with Gasteiger partial charge < -0.3 is 20.1 Å². The van der Waals surface area contributed by atoms with Crippen LogP contribution in [0.25, 0.3) is 0 Å². The normalized spacial score (nSPS) is 23.9. The highest BCUT2D eigenvalue weighted by Crippen LogP contribution is 2.30. The molecule has 136 valence electrons. The van der Waals surface area contributed by atoms with Crippen LogP contribution in [-0.4, -0.2) is 61.0 Å². The lowest BCUT2D eigenvalue weighted by Gasteiger charge is -2.24. The summed E-state index contributed by atoms with van der Waals surface area (Å²) in [5.74, 6) is 1.67. The lowest BCUT2D eigenvalue weighted by Crippen LogP contribution is -2.40. The molecule has 2 rings (SSSR count). The molecule has 0 bridgehead atoms. The molecular formula is C17H34IN3O2. The number of nitrogens with zero attached hydrogens (tertiary/aromatic N) is 2. The molecule has 0 radical (unpaired) electrons. The second-order valence-corrected chi connectivity index (χ2v) is 6.45. The van der Waals surface area contributed by atoms with E-state index in [1.54, 1.807) is 0 Å². The standard InChI is InChI=1S/C17H33N3O2.HI/c1-3-18-17(20-12-10-15(21)13-20)19-11-9-16(22-4-2)14-7-5-6-8-14;/h14-16,21H,3-13H2,1-2H3,(H,18,19);1H/t15-,16?;/m1./s1. The molecule has 1 saturated carbocycles. The molecule has 2 fully saturated rings. The van der Waals surface area contributed by atoms with E-state index in [4.69, 9.17) is 9.73 Å². The van der Waals surface area contributed by atoms with Crippen LogP contribution in [-0.2, 0) is 4.74 Å². The Hall–Kier alpha value is -0.0800. The molecule has 1 aliphatic heterocycles. The van der Waals surface area contributed by atoms with Crippen molar-refractivity contribution < 1.29 is 9.84 Å². The number of rotatable bonds is 7. The SMILES string of the molecule is CCNC(=NCCC(OCC)C1CCCC1)N1CC[C@@H](O)C1.I. The Morgan fingerprint density at radius 3 is 2.61 bits per heavy atom.